The highest BCUT2D eigenvalue weighted by atomic mass is 35.5. The Morgan fingerprint density at radius 2 is 1.71 bits per heavy atom. The average molecular weight is 554 g/mol. The zero-order valence-corrected chi connectivity index (χ0v) is 21.1. The van der Waals surface area contributed by atoms with E-state index in [-0.39, 0.29) is 24.1 Å². The van der Waals surface area contributed by atoms with Gasteiger partial charge in [-0.25, -0.2) is 22.0 Å². The lowest BCUT2D eigenvalue weighted by molar-refractivity contribution is 0.0992. The number of carbonyl (C=O) groups excluding carboxylic acids is 1. The van der Waals surface area contributed by atoms with Crippen molar-refractivity contribution in [3.05, 3.63) is 98.8 Å². The van der Waals surface area contributed by atoms with Gasteiger partial charge in [0.05, 0.1) is 12.1 Å². The summed E-state index contributed by atoms with van der Waals surface area (Å²) < 4.78 is 80.4. The number of nitrogens with one attached hydrogen (secondary N) is 1. The van der Waals surface area contributed by atoms with Gasteiger partial charge in [-0.15, -0.1) is 0 Å². The number of aromatic nitrogens is 2. The van der Waals surface area contributed by atoms with E-state index in [1.807, 2.05) is 32.9 Å². The third-order valence-corrected chi connectivity index (χ3v) is 6.08. The molecule has 4 aromatic rings. The first kappa shape index (κ1) is 27.2. The van der Waals surface area contributed by atoms with Crippen LogP contribution in [0.5, 0.6) is 5.75 Å². The molecule has 0 fully saturated rings. The molecule has 0 aliphatic carbocycles. The molecule has 0 aliphatic heterocycles. The molecule has 38 heavy (non-hydrogen) atoms. The van der Waals surface area contributed by atoms with Crippen LogP contribution in [-0.2, 0) is 13.2 Å². The van der Waals surface area contributed by atoms with Crippen molar-refractivity contribution in [1.82, 2.24) is 9.78 Å². The van der Waals surface area contributed by atoms with Gasteiger partial charge in [0.2, 0.25) is 5.82 Å². The summed E-state index contributed by atoms with van der Waals surface area (Å²) in [4.78, 5) is 12.6. The molecule has 2 aromatic heterocycles. The summed E-state index contributed by atoms with van der Waals surface area (Å²) in [5.74, 6) is -9.86. The van der Waals surface area contributed by atoms with Crippen molar-refractivity contribution in [2.24, 2.45) is 0 Å². The van der Waals surface area contributed by atoms with Crippen LogP contribution in [0.25, 0.3) is 0 Å². The second-order valence-corrected chi connectivity index (χ2v) is 9.16. The Morgan fingerprint density at radius 1 is 1.05 bits per heavy atom. The minimum atomic E-state index is -2.25. The molecule has 0 bridgehead atoms. The van der Waals surface area contributed by atoms with Crippen LogP contribution < -0.4 is 10.1 Å². The van der Waals surface area contributed by atoms with Gasteiger partial charge in [0.15, 0.2) is 34.8 Å². The molecule has 2 aromatic carbocycles. The monoisotopic (exact) mass is 553 g/mol. The van der Waals surface area contributed by atoms with E-state index in [9.17, 15) is 26.7 Å². The van der Waals surface area contributed by atoms with Crippen molar-refractivity contribution in [3.8, 4) is 5.75 Å². The fourth-order valence-electron chi connectivity index (χ4n) is 3.62. The number of halogens is 6. The van der Waals surface area contributed by atoms with Gasteiger partial charge >= 0.3 is 0 Å². The Kier molecular flexibility index (Phi) is 7.77. The topological polar surface area (TPSA) is 69.3 Å². The molecule has 0 aliphatic rings. The molecule has 12 heteroatoms. The largest absolute Gasteiger partial charge is 0.485 e. The Labute approximate surface area is 219 Å². The van der Waals surface area contributed by atoms with Gasteiger partial charge in [0.1, 0.15) is 18.1 Å². The second kappa shape index (κ2) is 10.9. The first-order valence-corrected chi connectivity index (χ1v) is 11.7. The van der Waals surface area contributed by atoms with Crippen molar-refractivity contribution in [2.75, 3.05) is 5.32 Å². The zero-order valence-electron chi connectivity index (χ0n) is 20.3. The summed E-state index contributed by atoms with van der Waals surface area (Å²) in [6.45, 7) is 5.16. The fraction of sp³-hybridized carbons (Fsp3) is 0.231. The number of amides is 1. The van der Waals surface area contributed by atoms with Gasteiger partial charge in [-0.2, -0.15) is 5.10 Å². The summed E-state index contributed by atoms with van der Waals surface area (Å²) in [6, 6.07) is 7.96. The van der Waals surface area contributed by atoms with Crippen molar-refractivity contribution in [3.63, 3.8) is 0 Å². The molecule has 0 unspecified atom stereocenters. The zero-order chi connectivity index (χ0) is 27.7. The minimum Gasteiger partial charge on any atom is -0.485 e. The molecular formula is C26H21ClF5N3O3. The van der Waals surface area contributed by atoms with Gasteiger partial charge in [-0.1, -0.05) is 25.4 Å². The fourth-order valence-corrected chi connectivity index (χ4v) is 3.79. The van der Waals surface area contributed by atoms with Crippen molar-refractivity contribution in [2.45, 2.75) is 39.8 Å². The van der Waals surface area contributed by atoms with E-state index in [2.05, 4.69) is 10.4 Å². The van der Waals surface area contributed by atoms with Gasteiger partial charge in [0, 0.05) is 17.3 Å². The SMILES string of the molecule is Cc1cc(OCc2ccc(C(=O)Nc3ccn(Cc4c(F)c(F)c(F)c(F)c4F)n3)o2)c(C(C)C)cc1Cl. The summed E-state index contributed by atoms with van der Waals surface area (Å²) in [6.07, 6.45) is 1.20. The minimum absolute atomic E-state index is 0.0358. The average Bonchev–Trinajstić information content (AvgIpc) is 3.54. The smallest absolute Gasteiger partial charge is 0.292 e. The van der Waals surface area contributed by atoms with E-state index >= 15 is 0 Å². The maximum Gasteiger partial charge on any atom is 0.292 e. The van der Waals surface area contributed by atoms with Crippen LogP contribution in [0.1, 0.15) is 52.8 Å². The first-order chi connectivity index (χ1) is 18.0. The molecule has 1 N–H and O–H groups in total. The lowest BCUT2D eigenvalue weighted by Gasteiger charge is -2.15. The summed E-state index contributed by atoms with van der Waals surface area (Å²) in [5, 5.41) is 6.96. The quantitative estimate of drug-likeness (QED) is 0.143. The molecule has 6 nitrogen and oxygen atoms in total. The molecule has 0 atom stereocenters. The number of ether oxygens (including phenoxy) is 1. The van der Waals surface area contributed by atoms with E-state index in [1.54, 1.807) is 6.07 Å². The lowest BCUT2D eigenvalue weighted by atomic mass is 10.0. The van der Waals surface area contributed by atoms with E-state index in [1.165, 1.54) is 18.3 Å². The number of hydrogen-bond donors (Lipinski definition) is 1. The van der Waals surface area contributed by atoms with Crippen LogP contribution in [0, 0.1) is 36.0 Å². The Hall–Kier alpha value is -3.86. The van der Waals surface area contributed by atoms with Crippen LogP contribution in [0.2, 0.25) is 5.02 Å². The van der Waals surface area contributed by atoms with Gasteiger partial charge in [-0.3, -0.25) is 9.48 Å². The molecule has 200 valence electrons. The molecule has 4 rings (SSSR count). The van der Waals surface area contributed by atoms with E-state index < -0.39 is 47.1 Å². The second-order valence-electron chi connectivity index (χ2n) is 8.75. The Bertz CT molecular complexity index is 1490. The van der Waals surface area contributed by atoms with Crippen LogP contribution in [0.3, 0.4) is 0 Å². The van der Waals surface area contributed by atoms with E-state index in [0.29, 0.717) is 16.5 Å². The molecule has 0 spiro atoms. The van der Waals surface area contributed by atoms with Gasteiger partial charge in [-0.05, 0) is 48.2 Å². The highest BCUT2D eigenvalue weighted by Crippen LogP contribution is 2.32. The maximum atomic E-state index is 13.9. The van der Waals surface area contributed by atoms with Gasteiger partial charge in [0.25, 0.3) is 5.91 Å². The number of aryl methyl sites for hydroxylation is 1. The van der Waals surface area contributed by atoms with Crippen LogP contribution in [0.15, 0.2) is 40.9 Å². The Balaban J connectivity index is 1.41. The number of rotatable bonds is 8. The molecule has 0 saturated heterocycles. The molecule has 2 heterocycles. The van der Waals surface area contributed by atoms with Crippen molar-refractivity contribution in [1.29, 1.82) is 0 Å². The van der Waals surface area contributed by atoms with E-state index in [4.69, 9.17) is 20.8 Å². The lowest BCUT2D eigenvalue weighted by Crippen LogP contribution is -2.13. The van der Waals surface area contributed by atoms with Crippen LogP contribution >= 0.6 is 11.6 Å². The normalized spacial score (nSPS) is 11.3. The molecule has 0 saturated carbocycles. The van der Waals surface area contributed by atoms with Crippen LogP contribution in [0.4, 0.5) is 27.8 Å². The molecular weight excluding hydrogens is 533 g/mol. The van der Waals surface area contributed by atoms with Crippen molar-refractivity contribution < 1.29 is 35.9 Å². The number of carbonyl (C=O) groups is 1. The van der Waals surface area contributed by atoms with Gasteiger partial charge < -0.3 is 14.5 Å². The van der Waals surface area contributed by atoms with Crippen LogP contribution in [-0.4, -0.2) is 15.7 Å². The summed E-state index contributed by atoms with van der Waals surface area (Å²) >= 11 is 6.22. The third kappa shape index (κ3) is 5.52. The molecule has 0 radical (unpaired) electrons. The predicted octanol–water partition coefficient (Wildman–Crippen LogP) is 7.14. The number of benzene rings is 2. The summed E-state index contributed by atoms with van der Waals surface area (Å²) in [7, 11) is 0. The number of furan rings is 1. The summed E-state index contributed by atoms with van der Waals surface area (Å²) in [5.41, 5.74) is 0.714. The van der Waals surface area contributed by atoms with E-state index in [0.717, 1.165) is 15.8 Å². The Morgan fingerprint density at radius 3 is 2.37 bits per heavy atom. The number of nitrogens with zero attached hydrogens (tertiary/aromatic N) is 2. The standard InChI is InChI=1S/C26H21ClF5N3O3/c1-12(2)15-9-17(27)13(3)8-19(15)37-11-14-4-5-18(38-14)26(36)33-20-6-7-35(34-20)10-16-21(28)23(30)25(32)24(31)22(16)29/h4-9,12H,10-11H2,1-3H3,(H,33,34,36). The predicted molar refractivity (Wildman–Crippen MR) is 129 cm³/mol. The maximum absolute atomic E-state index is 13.9. The molecule has 1 amide bonds. The first-order valence-electron chi connectivity index (χ1n) is 11.3. The number of anilines is 1. The number of hydrogen-bond acceptors (Lipinski definition) is 4. The van der Waals surface area contributed by atoms with Crippen molar-refractivity contribution >= 4 is 23.3 Å². The highest BCUT2D eigenvalue weighted by Gasteiger charge is 2.26. The third-order valence-electron chi connectivity index (χ3n) is 5.67. The highest BCUT2D eigenvalue weighted by molar-refractivity contribution is 6.31.